The third-order valence-electron chi connectivity index (χ3n) is 4.65. The Balaban J connectivity index is 1.62. The number of fused-ring (bicyclic) bond motifs is 1. The molecule has 3 heteroatoms. The van der Waals surface area contributed by atoms with Gasteiger partial charge in [-0.3, -0.25) is 4.79 Å². The molecule has 1 aliphatic carbocycles. The molecule has 0 saturated heterocycles. The molecular weight excluding hydrogens is 298 g/mol. The fourth-order valence-electron chi connectivity index (χ4n) is 3.29. The van der Waals surface area contributed by atoms with Crippen molar-refractivity contribution >= 4 is 5.91 Å². The van der Waals surface area contributed by atoms with Crippen molar-refractivity contribution in [3.8, 4) is 5.75 Å². The summed E-state index contributed by atoms with van der Waals surface area (Å²) >= 11 is 0. The summed E-state index contributed by atoms with van der Waals surface area (Å²) in [7, 11) is 0. The Kier molecular flexibility index (Phi) is 5.52. The van der Waals surface area contributed by atoms with Crippen LogP contribution in [-0.4, -0.2) is 24.0 Å². The highest BCUT2D eigenvalue weighted by molar-refractivity contribution is 5.77. The number of nitrogens with zero attached hydrogens (tertiary/aromatic N) is 1. The van der Waals surface area contributed by atoms with Crippen LogP contribution in [0.3, 0.4) is 0 Å². The summed E-state index contributed by atoms with van der Waals surface area (Å²) < 4.78 is 5.90. The predicted octanol–water partition coefficient (Wildman–Crippen LogP) is 3.99. The van der Waals surface area contributed by atoms with Gasteiger partial charge in [0, 0.05) is 13.1 Å². The minimum Gasteiger partial charge on any atom is -0.483 e. The van der Waals surface area contributed by atoms with E-state index in [1.54, 1.807) is 0 Å². The van der Waals surface area contributed by atoms with Gasteiger partial charge < -0.3 is 9.64 Å². The molecule has 1 aliphatic rings. The van der Waals surface area contributed by atoms with E-state index >= 15 is 0 Å². The molecule has 3 rings (SSSR count). The predicted molar refractivity (Wildman–Crippen MR) is 96.1 cm³/mol. The third-order valence-corrected chi connectivity index (χ3v) is 4.65. The molecule has 24 heavy (non-hydrogen) atoms. The smallest absolute Gasteiger partial charge is 0.260 e. The maximum Gasteiger partial charge on any atom is 0.260 e. The first-order valence-corrected chi connectivity index (χ1v) is 8.83. The average Bonchev–Trinajstić information content (AvgIpc) is 2.65. The highest BCUT2D eigenvalue weighted by atomic mass is 16.5. The van der Waals surface area contributed by atoms with Crippen LogP contribution in [0.4, 0.5) is 0 Å². The maximum atomic E-state index is 12.5. The van der Waals surface area contributed by atoms with Crippen molar-refractivity contribution in [2.45, 2.75) is 39.2 Å². The van der Waals surface area contributed by atoms with Crippen molar-refractivity contribution in [1.82, 2.24) is 4.90 Å². The molecule has 0 bridgehead atoms. The van der Waals surface area contributed by atoms with E-state index in [1.807, 2.05) is 54.3 Å². The number of ether oxygens (including phenoxy) is 1. The Bertz CT molecular complexity index is 681. The zero-order valence-electron chi connectivity index (χ0n) is 14.3. The van der Waals surface area contributed by atoms with Crippen LogP contribution in [0.15, 0.2) is 48.5 Å². The second-order valence-electron chi connectivity index (χ2n) is 6.28. The van der Waals surface area contributed by atoms with Gasteiger partial charge in [0.1, 0.15) is 5.75 Å². The number of amides is 1. The summed E-state index contributed by atoms with van der Waals surface area (Å²) in [4.78, 5) is 14.4. The first-order valence-electron chi connectivity index (χ1n) is 8.83. The molecule has 1 amide bonds. The molecular formula is C21H25NO2. The largest absolute Gasteiger partial charge is 0.483 e. The highest BCUT2D eigenvalue weighted by Gasteiger charge is 2.17. The number of aryl methyl sites for hydroxylation is 1. The Morgan fingerprint density at radius 2 is 1.83 bits per heavy atom. The maximum absolute atomic E-state index is 12.5. The standard InChI is InChI=1S/C21H25NO2/c1-2-22(15-17-9-4-3-5-10-17)21(23)16-24-20-14-8-12-18-11-6-7-13-19(18)20/h3-5,8-10,12,14H,2,6-7,11,13,15-16H2,1H3. The van der Waals surface area contributed by atoms with Gasteiger partial charge in [-0.25, -0.2) is 0 Å². The van der Waals surface area contributed by atoms with Gasteiger partial charge in [0.05, 0.1) is 0 Å². The van der Waals surface area contributed by atoms with Gasteiger partial charge in [0.2, 0.25) is 0 Å². The zero-order chi connectivity index (χ0) is 16.8. The third kappa shape index (κ3) is 3.97. The van der Waals surface area contributed by atoms with Crippen molar-refractivity contribution in [1.29, 1.82) is 0 Å². The summed E-state index contributed by atoms with van der Waals surface area (Å²) in [6.45, 7) is 3.43. The molecule has 126 valence electrons. The van der Waals surface area contributed by atoms with Gasteiger partial charge >= 0.3 is 0 Å². The normalized spacial score (nSPS) is 13.2. The van der Waals surface area contributed by atoms with Gasteiger partial charge in [-0.1, -0.05) is 42.5 Å². The van der Waals surface area contributed by atoms with Gasteiger partial charge in [-0.15, -0.1) is 0 Å². The number of likely N-dealkylation sites (N-methyl/N-ethyl adjacent to an activating group) is 1. The van der Waals surface area contributed by atoms with Crippen LogP contribution in [0.5, 0.6) is 5.75 Å². The lowest BCUT2D eigenvalue weighted by atomic mass is 9.91. The topological polar surface area (TPSA) is 29.5 Å². The first kappa shape index (κ1) is 16.6. The van der Waals surface area contributed by atoms with Crippen LogP contribution in [0, 0.1) is 0 Å². The second-order valence-corrected chi connectivity index (χ2v) is 6.28. The van der Waals surface area contributed by atoms with Crippen LogP contribution >= 0.6 is 0 Å². The summed E-state index contributed by atoms with van der Waals surface area (Å²) in [6.07, 6.45) is 4.63. The minimum absolute atomic E-state index is 0.0368. The van der Waals surface area contributed by atoms with Crippen LogP contribution in [-0.2, 0) is 24.2 Å². The van der Waals surface area contributed by atoms with Crippen molar-refractivity contribution in [2.24, 2.45) is 0 Å². The van der Waals surface area contributed by atoms with E-state index < -0.39 is 0 Å². The number of carbonyl (C=O) groups excluding carboxylic acids is 1. The van der Waals surface area contributed by atoms with Crippen molar-refractivity contribution in [3.63, 3.8) is 0 Å². The highest BCUT2D eigenvalue weighted by Crippen LogP contribution is 2.29. The van der Waals surface area contributed by atoms with Crippen molar-refractivity contribution in [2.75, 3.05) is 13.2 Å². The van der Waals surface area contributed by atoms with E-state index in [9.17, 15) is 4.79 Å². The van der Waals surface area contributed by atoms with Crippen molar-refractivity contribution in [3.05, 3.63) is 65.2 Å². The lowest BCUT2D eigenvalue weighted by molar-refractivity contribution is -0.133. The number of rotatable bonds is 6. The monoisotopic (exact) mass is 323 g/mol. The van der Waals surface area contributed by atoms with Gasteiger partial charge in [0.25, 0.3) is 5.91 Å². The Morgan fingerprint density at radius 3 is 2.62 bits per heavy atom. The number of benzene rings is 2. The summed E-state index contributed by atoms with van der Waals surface area (Å²) in [6, 6.07) is 16.3. The molecule has 2 aromatic rings. The first-order chi connectivity index (χ1) is 11.8. The molecule has 0 atom stereocenters. The summed E-state index contributed by atoms with van der Waals surface area (Å²) in [5.41, 5.74) is 3.82. The Morgan fingerprint density at radius 1 is 1.04 bits per heavy atom. The van der Waals surface area contributed by atoms with Gasteiger partial charge in [-0.2, -0.15) is 0 Å². The van der Waals surface area contributed by atoms with Crippen LogP contribution in [0.25, 0.3) is 0 Å². The lowest BCUT2D eigenvalue weighted by Gasteiger charge is -2.23. The van der Waals surface area contributed by atoms with E-state index in [1.165, 1.54) is 24.0 Å². The van der Waals surface area contributed by atoms with Gasteiger partial charge in [0.15, 0.2) is 6.61 Å². The average molecular weight is 323 g/mol. The molecule has 0 radical (unpaired) electrons. The quantitative estimate of drug-likeness (QED) is 0.804. The molecule has 0 saturated carbocycles. The van der Waals surface area contributed by atoms with E-state index in [0.29, 0.717) is 13.1 Å². The fourth-order valence-corrected chi connectivity index (χ4v) is 3.29. The van der Waals surface area contributed by atoms with E-state index in [0.717, 1.165) is 24.2 Å². The SMILES string of the molecule is CCN(Cc1ccccc1)C(=O)COc1cccc2c1CCCC2. The number of carbonyl (C=O) groups is 1. The van der Waals surface area contributed by atoms with Crippen LogP contribution in [0.2, 0.25) is 0 Å². The fraction of sp³-hybridized carbons (Fsp3) is 0.381. The molecule has 0 aliphatic heterocycles. The molecule has 0 unspecified atom stereocenters. The zero-order valence-corrected chi connectivity index (χ0v) is 14.3. The molecule has 0 heterocycles. The van der Waals surface area contributed by atoms with Gasteiger partial charge in [-0.05, 0) is 55.4 Å². The summed E-state index contributed by atoms with van der Waals surface area (Å²) in [5, 5.41) is 0. The van der Waals surface area contributed by atoms with E-state index in [2.05, 4.69) is 6.07 Å². The number of hydrogen-bond acceptors (Lipinski definition) is 2. The lowest BCUT2D eigenvalue weighted by Crippen LogP contribution is -2.34. The number of hydrogen-bond donors (Lipinski definition) is 0. The Labute approximate surface area is 144 Å². The molecule has 3 nitrogen and oxygen atoms in total. The van der Waals surface area contributed by atoms with Crippen LogP contribution in [0.1, 0.15) is 36.5 Å². The van der Waals surface area contributed by atoms with E-state index in [-0.39, 0.29) is 12.5 Å². The minimum atomic E-state index is 0.0368. The summed E-state index contributed by atoms with van der Waals surface area (Å²) in [5.74, 6) is 0.922. The molecule has 2 aromatic carbocycles. The molecule has 0 fully saturated rings. The molecule has 0 aromatic heterocycles. The second kappa shape index (κ2) is 8.00. The van der Waals surface area contributed by atoms with E-state index in [4.69, 9.17) is 4.74 Å². The van der Waals surface area contributed by atoms with Crippen molar-refractivity contribution < 1.29 is 9.53 Å². The molecule has 0 N–H and O–H groups in total. The van der Waals surface area contributed by atoms with Crippen LogP contribution < -0.4 is 4.74 Å². The Hall–Kier alpha value is -2.29. The molecule has 0 spiro atoms.